The van der Waals surface area contributed by atoms with Crippen LogP contribution in [-0.4, -0.2) is 29.0 Å². The molecule has 2 rings (SSSR count). The molecule has 0 aliphatic carbocycles. The van der Waals surface area contributed by atoms with E-state index in [0.717, 1.165) is 18.5 Å². The third-order valence-electron chi connectivity index (χ3n) is 3.08. The Morgan fingerprint density at radius 2 is 2.12 bits per heavy atom. The summed E-state index contributed by atoms with van der Waals surface area (Å²) in [7, 11) is 0. The minimum atomic E-state index is -0.00671. The first-order valence-corrected chi connectivity index (χ1v) is 5.82. The first-order chi connectivity index (χ1) is 8.08. The first kappa shape index (κ1) is 11.7. The third-order valence-corrected chi connectivity index (χ3v) is 3.08. The number of aromatic hydroxyl groups is 1. The van der Waals surface area contributed by atoms with Gasteiger partial charge in [0.15, 0.2) is 0 Å². The molecule has 0 spiro atoms. The van der Waals surface area contributed by atoms with E-state index < -0.39 is 0 Å². The third kappa shape index (κ3) is 2.49. The highest BCUT2D eigenvalue weighted by molar-refractivity contribution is 5.95. The summed E-state index contributed by atoms with van der Waals surface area (Å²) in [6.07, 6.45) is 3.08. The van der Waals surface area contributed by atoms with Crippen LogP contribution in [0, 0.1) is 6.92 Å². The fraction of sp³-hybridized carbons (Fsp3) is 0.357. The number of benzene rings is 1. The van der Waals surface area contributed by atoms with Gasteiger partial charge in [0, 0.05) is 18.7 Å². The van der Waals surface area contributed by atoms with Crippen LogP contribution < -0.4 is 0 Å². The van der Waals surface area contributed by atoms with E-state index in [2.05, 4.69) is 6.08 Å². The van der Waals surface area contributed by atoms with E-state index in [1.54, 1.807) is 18.2 Å². The van der Waals surface area contributed by atoms with Crippen molar-refractivity contribution in [3.63, 3.8) is 0 Å². The van der Waals surface area contributed by atoms with Gasteiger partial charge in [-0.25, -0.2) is 0 Å². The van der Waals surface area contributed by atoms with Gasteiger partial charge >= 0.3 is 0 Å². The molecule has 0 unspecified atom stereocenters. The highest BCUT2D eigenvalue weighted by Gasteiger charge is 2.18. The number of amides is 1. The molecule has 1 heterocycles. The molecule has 0 saturated carbocycles. The van der Waals surface area contributed by atoms with Crippen LogP contribution in [0.1, 0.15) is 29.3 Å². The first-order valence-electron chi connectivity index (χ1n) is 5.82. The van der Waals surface area contributed by atoms with Crippen LogP contribution in [0.25, 0.3) is 0 Å². The summed E-state index contributed by atoms with van der Waals surface area (Å²) in [5.41, 5.74) is 2.57. The SMILES string of the molecule is CC1=CCCN(C(=O)c2ccc(C)c(O)c2)C1. The summed E-state index contributed by atoms with van der Waals surface area (Å²) in [5.74, 6) is 0.174. The molecule has 0 aromatic heterocycles. The Morgan fingerprint density at radius 1 is 1.35 bits per heavy atom. The lowest BCUT2D eigenvalue weighted by atomic mass is 10.1. The topological polar surface area (TPSA) is 40.5 Å². The number of phenolic OH excluding ortho intramolecular Hbond substituents is 1. The molecule has 0 atom stereocenters. The molecule has 1 aliphatic heterocycles. The fourth-order valence-electron chi connectivity index (χ4n) is 2.01. The summed E-state index contributed by atoms with van der Waals surface area (Å²) in [6.45, 7) is 5.29. The van der Waals surface area contributed by atoms with Gasteiger partial charge in [0.1, 0.15) is 5.75 Å². The number of nitrogens with zero attached hydrogens (tertiary/aromatic N) is 1. The summed E-state index contributed by atoms with van der Waals surface area (Å²) < 4.78 is 0. The zero-order valence-corrected chi connectivity index (χ0v) is 10.2. The minimum absolute atomic E-state index is 0.00671. The number of hydrogen-bond acceptors (Lipinski definition) is 2. The molecule has 1 aliphatic rings. The number of rotatable bonds is 1. The summed E-state index contributed by atoms with van der Waals surface area (Å²) in [5, 5.41) is 9.62. The maximum absolute atomic E-state index is 12.2. The van der Waals surface area contributed by atoms with Crippen molar-refractivity contribution in [2.24, 2.45) is 0 Å². The Bertz CT molecular complexity index is 477. The zero-order chi connectivity index (χ0) is 12.4. The minimum Gasteiger partial charge on any atom is -0.508 e. The highest BCUT2D eigenvalue weighted by Crippen LogP contribution is 2.20. The van der Waals surface area contributed by atoms with Gasteiger partial charge in [0.2, 0.25) is 0 Å². The lowest BCUT2D eigenvalue weighted by molar-refractivity contribution is 0.0765. The predicted molar refractivity (Wildman–Crippen MR) is 67.1 cm³/mol. The molecule has 90 valence electrons. The average Bonchev–Trinajstić information content (AvgIpc) is 2.32. The summed E-state index contributed by atoms with van der Waals surface area (Å²) in [6, 6.07) is 5.09. The largest absolute Gasteiger partial charge is 0.508 e. The Labute approximate surface area is 101 Å². The van der Waals surface area contributed by atoms with Crippen LogP contribution in [0.3, 0.4) is 0 Å². The van der Waals surface area contributed by atoms with Gasteiger partial charge in [0.25, 0.3) is 5.91 Å². The Balaban J connectivity index is 2.19. The molecule has 1 amide bonds. The lowest BCUT2D eigenvalue weighted by Crippen LogP contribution is -2.35. The summed E-state index contributed by atoms with van der Waals surface area (Å²) in [4.78, 5) is 14.0. The molecular weight excluding hydrogens is 214 g/mol. The van der Waals surface area contributed by atoms with Gasteiger partial charge < -0.3 is 10.0 Å². The Kier molecular flexibility index (Phi) is 3.18. The van der Waals surface area contributed by atoms with E-state index in [0.29, 0.717) is 12.1 Å². The second kappa shape index (κ2) is 4.62. The van der Waals surface area contributed by atoms with Crippen molar-refractivity contribution in [3.05, 3.63) is 41.0 Å². The van der Waals surface area contributed by atoms with Crippen molar-refractivity contribution >= 4 is 5.91 Å². The van der Waals surface area contributed by atoms with E-state index in [4.69, 9.17) is 0 Å². The molecule has 1 N–H and O–H groups in total. The van der Waals surface area contributed by atoms with Crippen LogP contribution in [0.2, 0.25) is 0 Å². The van der Waals surface area contributed by atoms with Gasteiger partial charge in [-0.05, 0) is 38.0 Å². The van der Waals surface area contributed by atoms with Gasteiger partial charge in [0.05, 0.1) is 0 Å². The monoisotopic (exact) mass is 231 g/mol. The predicted octanol–water partition coefficient (Wildman–Crippen LogP) is 2.49. The van der Waals surface area contributed by atoms with Crippen molar-refractivity contribution in [1.82, 2.24) is 4.90 Å². The molecule has 0 fully saturated rings. The number of carbonyl (C=O) groups excluding carboxylic acids is 1. The van der Waals surface area contributed by atoms with E-state index in [1.807, 2.05) is 18.7 Å². The number of aryl methyl sites for hydroxylation is 1. The normalized spacial score (nSPS) is 15.6. The van der Waals surface area contributed by atoms with Crippen molar-refractivity contribution in [2.75, 3.05) is 13.1 Å². The molecule has 1 aromatic carbocycles. The van der Waals surface area contributed by atoms with Crippen LogP contribution in [-0.2, 0) is 0 Å². The van der Waals surface area contributed by atoms with Crippen molar-refractivity contribution in [1.29, 1.82) is 0 Å². The highest BCUT2D eigenvalue weighted by atomic mass is 16.3. The Morgan fingerprint density at radius 3 is 2.76 bits per heavy atom. The van der Waals surface area contributed by atoms with Gasteiger partial charge in [-0.2, -0.15) is 0 Å². The second-order valence-corrected chi connectivity index (χ2v) is 4.57. The van der Waals surface area contributed by atoms with Crippen molar-refractivity contribution in [2.45, 2.75) is 20.3 Å². The molecule has 1 aromatic rings. The van der Waals surface area contributed by atoms with Crippen LogP contribution in [0.4, 0.5) is 0 Å². The van der Waals surface area contributed by atoms with E-state index in [1.165, 1.54) is 5.57 Å². The lowest BCUT2D eigenvalue weighted by Gasteiger charge is -2.26. The van der Waals surface area contributed by atoms with Gasteiger partial charge in [-0.1, -0.05) is 17.7 Å². The van der Waals surface area contributed by atoms with E-state index in [9.17, 15) is 9.90 Å². The molecule has 17 heavy (non-hydrogen) atoms. The number of phenols is 1. The van der Waals surface area contributed by atoms with Crippen LogP contribution in [0.15, 0.2) is 29.8 Å². The average molecular weight is 231 g/mol. The molecule has 0 saturated heterocycles. The maximum Gasteiger partial charge on any atom is 0.254 e. The van der Waals surface area contributed by atoms with Gasteiger partial charge in [-0.15, -0.1) is 0 Å². The van der Waals surface area contributed by atoms with Crippen LogP contribution >= 0.6 is 0 Å². The van der Waals surface area contributed by atoms with Crippen molar-refractivity contribution < 1.29 is 9.90 Å². The molecule has 3 heteroatoms. The molecular formula is C14H17NO2. The molecule has 0 bridgehead atoms. The maximum atomic E-state index is 12.2. The molecule has 3 nitrogen and oxygen atoms in total. The smallest absolute Gasteiger partial charge is 0.254 e. The number of carbonyl (C=O) groups is 1. The van der Waals surface area contributed by atoms with Crippen LogP contribution in [0.5, 0.6) is 5.75 Å². The Hall–Kier alpha value is -1.77. The van der Waals surface area contributed by atoms with E-state index >= 15 is 0 Å². The van der Waals surface area contributed by atoms with E-state index in [-0.39, 0.29) is 11.7 Å². The molecule has 0 radical (unpaired) electrons. The van der Waals surface area contributed by atoms with Gasteiger partial charge in [-0.3, -0.25) is 4.79 Å². The number of hydrogen-bond donors (Lipinski definition) is 1. The second-order valence-electron chi connectivity index (χ2n) is 4.57. The zero-order valence-electron chi connectivity index (χ0n) is 10.2. The summed E-state index contributed by atoms with van der Waals surface area (Å²) >= 11 is 0. The fourth-order valence-corrected chi connectivity index (χ4v) is 2.01. The van der Waals surface area contributed by atoms with Crippen molar-refractivity contribution in [3.8, 4) is 5.75 Å². The quantitative estimate of drug-likeness (QED) is 0.754. The standard InChI is InChI=1S/C14H17NO2/c1-10-4-3-7-15(9-10)14(17)12-6-5-11(2)13(16)8-12/h4-6,8,16H,3,7,9H2,1-2H3.